The Morgan fingerprint density at radius 2 is 2.07 bits per heavy atom. The molecular formula is C7H8N3O4+. The number of nitro benzene ring substituents is 1. The molecule has 0 aliphatic heterocycles. The minimum atomic E-state index is -0.659. The van der Waals surface area contributed by atoms with Gasteiger partial charge in [0, 0.05) is 18.2 Å². The van der Waals surface area contributed by atoms with Crippen molar-refractivity contribution >= 4 is 11.4 Å². The fourth-order valence-electron chi connectivity index (χ4n) is 1.02. The van der Waals surface area contributed by atoms with Gasteiger partial charge in [-0.25, -0.2) is 5.21 Å². The van der Waals surface area contributed by atoms with Gasteiger partial charge in [0.05, 0.1) is 15.9 Å². The molecule has 0 aromatic heterocycles. The number of non-ortho nitro benzene ring substituents is 1. The number of nitrogens with two attached hydrogens (primary N) is 1. The second kappa shape index (κ2) is 3.79. The maximum absolute atomic E-state index is 10.6. The summed E-state index contributed by atoms with van der Waals surface area (Å²) in [6.07, 6.45) is 0. The molecule has 14 heavy (non-hydrogen) atoms. The van der Waals surface area contributed by atoms with Crippen molar-refractivity contribution in [2.45, 2.75) is 6.54 Å². The summed E-state index contributed by atoms with van der Waals surface area (Å²) in [6, 6.07) is 3.51. The van der Waals surface area contributed by atoms with E-state index < -0.39 is 9.85 Å². The molecule has 0 unspecified atom stereocenters. The van der Waals surface area contributed by atoms with E-state index in [2.05, 4.69) is 0 Å². The van der Waals surface area contributed by atoms with Gasteiger partial charge >= 0.3 is 5.69 Å². The van der Waals surface area contributed by atoms with Crippen LogP contribution in [0.2, 0.25) is 0 Å². The molecule has 1 aromatic carbocycles. The molecule has 1 aromatic rings. The van der Waals surface area contributed by atoms with E-state index in [-0.39, 0.29) is 17.9 Å². The molecule has 0 amide bonds. The summed E-state index contributed by atoms with van der Waals surface area (Å²) < 4.78 is 0. The molecule has 0 spiro atoms. The zero-order chi connectivity index (χ0) is 10.7. The van der Waals surface area contributed by atoms with E-state index in [4.69, 9.17) is 10.9 Å². The Morgan fingerprint density at radius 1 is 1.43 bits per heavy atom. The van der Waals surface area contributed by atoms with Gasteiger partial charge < -0.3 is 5.73 Å². The predicted molar refractivity (Wildman–Crippen MR) is 46.1 cm³/mol. The average Bonchev–Trinajstić information content (AvgIpc) is 2.16. The lowest BCUT2D eigenvalue weighted by Crippen LogP contribution is -2.03. The first-order valence-corrected chi connectivity index (χ1v) is 3.69. The first-order chi connectivity index (χ1) is 6.56. The van der Waals surface area contributed by atoms with Gasteiger partial charge in [0.1, 0.15) is 0 Å². The fourth-order valence-corrected chi connectivity index (χ4v) is 1.02. The summed E-state index contributed by atoms with van der Waals surface area (Å²) >= 11 is 0. The number of rotatable bonds is 3. The van der Waals surface area contributed by atoms with Gasteiger partial charge in [-0.1, -0.05) is 0 Å². The molecule has 0 aliphatic carbocycles. The molecule has 7 nitrogen and oxygen atoms in total. The van der Waals surface area contributed by atoms with Gasteiger partial charge in [-0.3, -0.25) is 10.1 Å². The Bertz CT molecular complexity index is 391. The highest BCUT2D eigenvalue weighted by atomic mass is 16.6. The monoisotopic (exact) mass is 198 g/mol. The lowest BCUT2D eigenvalue weighted by Gasteiger charge is -1.95. The summed E-state index contributed by atoms with van der Waals surface area (Å²) in [4.78, 5) is 19.8. The topological polar surface area (TPSA) is 109 Å². The minimum Gasteiger partial charge on any atom is -0.326 e. The van der Waals surface area contributed by atoms with E-state index in [9.17, 15) is 15.0 Å². The van der Waals surface area contributed by atoms with Crippen LogP contribution in [-0.2, 0) is 6.54 Å². The number of hydrogen-bond donors (Lipinski definition) is 2. The summed E-state index contributed by atoms with van der Waals surface area (Å²) in [5.74, 6) is 0. The van der Waals surface area contributed by atoms with Crippen molar-refractivity contribution in [3.63, 3.8) is 0 Å². The molecule has 0 radical (unpaired) electrons. The Kier molecular flexibility index (Phi) is 2.73. The maximum Gasteiger partial charge on any atom is 0.327 e. The van der Waals surface area contributed by atoms with Crippen LogP contribution < -0.4 is 5.73 Å². The summed E-state index contributed by atoms with van der Waals surface area (Å²) in [6.45, 7) is 0.0205. The van der Waals surface area contributed by atoms with E-state index in [0.717, 1.165) is 6.07 Å². The van der Waals surface area contributed by atoms with E-state index in [1.807, 2.05) is 0 Å². The molecule has 74 valence electrons. The third kappa shape index (κ3) is 1.83. The highest BCUT2D eigenvalue weighted by Gasteiger charge is 2.21. The van der Waals surface area contributed by atoms with E-state index >= 15 is 0 Å². The molecule has 3 N–H and O–H groups in total. The van der Waals surface area contributed by atoms with E-state index in [1.165, 1.54) is 12.1 Å². The van der Waals surface area contributed by atoms with Crippen LogP contribution in [-0.4, -0.2) is 15.1 Å². The van der Waals surface area contributed by atoms with Crippen LogP contribution in [0.25, 0.3) is 0 Å². The van der Waals surface area contributed by atoms with Crippen LogP contribution in [0.4, 0.5) is 11.4 Å². The second-order valence-electron chi connectivity index (χ2n) is 2.55. The standard InChI is InChI=1S/C7H8N3O4/c8-4-5-1-2-6(9(11)12)3-7(5)10(13)14/h1-3H,4,8H2,(H,13,14)/q+1. The number of nitrogens with zero attached hydrogens (tertiary/aromatic N) is 2. The van der Waals surface area contributed by atoms with Crippen molar-refractivity contribution in [3.8, 4) is 0 Å². The van der Waals surface area contributed by atoms with Crippen LogP contribution in [0.15, 0.2) is 18.2 Å². The fraction of sp³-hybridized carbons (Fsp3) is 0.143. The zero-order valence-corrected chi connectivity index (χ0v) is 7.08. The lowest BCUT2D eigenvalue weighted by atomic mass is 10.1. The summed E-state index contributed by atoms with van der Waals surface area (Å²) in [5, 5.41) is 19.0. The molecular weight excluding hydrogens is 190 g/mol. The van der Waals surface area contributed by atoms with Crippen molar-refractivity contribution in [2.75, 3.05) is 0 Å². The van der Waals surface area contributed by atoms with E-state index in [1.54, 1.807) is 0 Å². The quantitative estimate of drug-likeness (QED) is 0.552. The summed E-state index contributed by atoms with van der Waals surface area (Å²) in [7, 11) is 0. The first-order valence-electron chi connectivity index (χ1n) is 3.69. The maximum atomic E-state index is 10.6. The predicted octanol–water partition coefficient (Wildman–Crippen LogP) is 0.853. The Morgan fingerprint density at radius 3 is 2.50 bits per heavy atom. The molecule has 1 rings (SSSR count). The molecule has 0 atom stereocenters. The molecule has 7 heteroatoms. The average molecular weight is 198 g/mol. The van der Waals surface area contributed by atoms with Gasteiger partial charge in [0.15, 0.2) is 0 Å². The number of benzene rings is 1. The third-order valence-corrected chi connectivity index (χ3v) is 1.71. The van der Waals surface area contributed by atoms with Crippen molar-refractivity contribution in [1.82, 2.24) is 0 Å². The third-order valence-electron chi connectivity index (χ3n) is 1.71. The highest BCUT2D eigenvalue weighted by Crippen LogP contribution is 2.23. The molecule has 0 aliphatic rings. The molecule has 0 bridgehead atoms. The van der Waals surface area contributed by atoms with Crippen LogP contribution in [0.1, 0.15) is 5.56 Å². The van der Waals surface area contributed by atoms with Crippen LogP contribution in [0.5, 0.6) is 0 Å². The van der Waals surface area contributed by atoms with Gasteiger partial charge in [0.25, 0.3) is 10.6 Å². The molecule has 0 saturated heterocycles. The van der Waals surface area contributed by atoms with Crippen LogP contribution >= 0.6 is 0 Å². The Hall–Kier alpha value is -2.02. The summed E-state index contributed by atoms with van der Waals surface area (Å²) in [5.41, 5.74) is 5.13. The molecule has 0 saturated carbocycles. The minimum absolute atomic E-state index is 0.0205. The second-order valence-corrected chi connectivity index (χ2v) is 2.55. The van der Waals surface area contributed by atoms with Crippen molar-refractivity contribution in [3.05, 3.63) is 38.8 Å². The smallest absolute Gasteiger partial charge is 0.326 e. The van der Waals surface area contributed by atoms with Crippen molar-refractivity contribution in [1.29, 1.82) is 0 Å². The van der Waals surface area contributed by atoms with Crippen molar-refractivity contribution < 1.29 is 15.1 Å². The normalized spacial score (nSPS) is 9.79. The van der Waals surface area contributed by atoms with Gasteiger partial charge in [-0.05, 0) is 6.07 Å². The SMILES string of the molecule is NCc1ccc([N+](=O)[O-])cc1[N+](=O)O. The highest BCUT2D eigenvalue weighted by molar-refractivity contribution is 5.48. The Balaban J connectivity index is 3.27. The number of hydrogen-bond acceptors (Lipinski definition) is 4. The lowest BCUT2D eigenvalue weighted by molar-refractivity contribution is -0.730. The molecule has 0 fully saturated rings. The van der Waals surface area contributed by atoms with Crippen LogP contribution in [0.3, 0.4) is 0 Å². The number of nitro groups is 1. The van der Waals surface area contributed by atoms with Crippen molar-refractivity contribution in [2.24, 2.45) is 5.73 Å². The molecule has 0 heterocycles. The first kappa shape index (κ1) is 10.1. The largest absolute Gasteiger partial charge is 0.327 e. The van der Waals surface area contributed by atoms with Gasteiger partial charge in [-0.2, -0.15) is 0 Å². The van der Waals surface area contributed by atoms with Crippen LogP contribution in [0, 0.1) is 15.0 Å². The zero-order valence-electron chi connectivity index (χ0n) is 7.08. The van der Waals surface area contributed by atoms with Gasteiger partial charge in [-0.15, -0.1) is 0 Å². The van der Waals surface area contributed by atoms with Gasteiger partial charge in [0.2, 0.25) is 0 Å². The Labute approximate surface area is 78.4 Å². The van der Waals surface area contributed by atoms with E-state index in [0.29, 0.717) is 5.56 Å².